The lowest BCUT2D eigenvalue weighted by Crippen LogP contribution is -2.30. The number of amides is 1. The van der Waals surface area contributed by atoms with E-state index in [1.807, 2.05) is 55.5 Å². The summed E-state index contributed by atoms with van der Waals surface area (Å²) in [5.74, 6) is -0.904. The molecule has 0 saturated heterocycles. The Morgan fingerprint density at radius 1 is 1.21 bits per heavy atom. The third-order valence-corrected chi connectivity index (χ3v) is 6.24. The van der Waals surface area contributed by atoms with Gasteiger partial charge in [-0.1, -0.05) is 29.8 Å². The molecular formula is C25H25ClN2O5. The first kappa shape index (κ1) is 23.0. The summed E-state index contributed by atoms with van der Waals surface area (Å²) in [7, 11) is 0. The Bertz CT molecular complexity index is 1190. The van der Waals surface area contributed by atoms with Crippen LogP contribution in [0.25, 0.3) is 10.9 Å². The molecule has 2 N–H and O–H groups in total. The fraction of sp³-hybridized carbons (Fsp3) is 0.320. The van der Waals surface area contributed by atoms with Gasteiger partial charge < -0.3 is 9.47 Å². The number of pyridine rings is 1. The van der Waals surface area contributed by atoms with E-state index in [4.69, 9.17) is 26.3 Å². The zero-order valence-corrected chi connectivity index (χ0v) is 19.2. The minimum Gasteiger partial charge on any atom is -0.489 e. The topological polar surface area (TPSA) is 97.8 Å². The van der Waals surface area contributed by atoms with Crippen molar-refractivity contribution in [3.05, 3.63) is 70.4 Å². The number of nitrogens with zero attached hydrogens (tertiary/aromatic N) is 1. The van der Waals surface area contributed by atoms with E-state index in [-0.39, 0.29) is 6.61 Å². The van der Waals surface area contributed by atoms with Crippen LogP contribution in [0.5, 0.6) is 5.75 Å². The Morgan fingerprint density at radius 3 is 2.67 bits per heavy atom. The van der Waals surface area contributed by atoms with E-state index in [2.05, 4.69) is 4.98 Å². The average molecular weight is 469 g/mol. The molecule has 1 amide bonds. The molecule has 0 unspecified atom stereocenters. The molecule has 0 radical (unpaired) electrons. The molecule has 1 aromatic heterocycles. The SMILES string of the molecule is CCOC(=O)[C@@]1(Cc2ccc(OCc3cc(C)nc4cc(Cl)ccc34)cc2)C[C@@H]1C(=O)NO. The fourth-order valence-electron chi connectivity index (χ4n) is 4.26. The van der Waals surface area contributed by atoms with Crippen LogP contribution in [0, 0.1) is 18.3 Å². The molecule has 4 rings (SSSR count). The van der Waals surface area contributed by atoms with Gasteiger partial charge in [0, 0.05) is 21.7 Å². The van der Waals surface area contributed by atoms with Crippen molar-refractivity contribution in [1.82, 2.24) is 10.5 Å². The first-order valence-electron chi connectivity index (χ1n) is 10.7. The Morgan fingerprint density at radius 2 is 1.97 bits per heavy atom. The molecule has 172 valence electrons. The molecule has 1 fully saturated rings. The van der Waals surface area contributed by atoms with Crippen molar-refractivity contribution in [2.75, 3.05) is 6.61 Å². The highest BCUT2D eigenvalue weighted by Gasteiger charge is 2.64. The first-order chi connectivity index (χ1) is 15.9. The molecule has 7 nitrogen and oxygen atoms in total. The number of esters is 1. The molecular weight excluding hydrogens is 444 g/mol. The lowest BCUT2D eigenvalue weighted by molar-refractivity contribution is -0.152. The van der Waals surface area contributed by atoms with Crippen molar-refractivity contribution in [3.8, 4) is 5.75 Å². The van der Waals surface area contributed by atoms with Crippen LogP contribution in [0.15, 0.2) is 48.5 Å². The molecule has 0 spiro atoms. The zero-order valence-electron chi connectivity index (χ0n) is 18.4. The van der Waals surface area contributed by atoms with Crippen LogP contribution < -0.4 is 10.2 Å². The van der Waals surface area contributed by atoms with Crippen LogP contribution in [0.3, 0.4) is 0 Å². The van der Waals surface area contributed by atoms with Crippen molar-refractivity contribution >= 4 is 34.4 Å². The molecule has 0 aliphatic heterocycles. The number of nitrogens with one attached hydrogen (secondary N) is 1. The van der Waals surface area contributed by atoms with Gasteiger partial charge >= 0.3 is 5.97 Å². The average Bonchev–Trinajstić information content (AvgIpc) is 3.53. The van der Waals surface area contributed by atoms with Crippen molar-refractivity contribution in [2.24, 2.45) is 11.3 Å². The maximum absolute atomic E-state index is 12.5. The van der Waals surface area contributed by atoms with Gasteiger partial charge in [0.1, 0.15) is 12.4 Å². The van der Waals surface area contributed by atoms with Crippen molar-refractivity contribution < 1.29 is 24.3 Å². The number of benzene rings is 2. The minimum atomic E-state index is -0.944. The summed E-state index contributed by atoms with van der Waals surface area (Å²) >= 11 is 6.10. The van der Waals surface area contributed by atoms with Gasteiger partial charge in [-0.25, -0.2) is 5.48 Å². The summed E-state index contributed by atoms with van der Waals surface area (Å²) in [5.41, 5.74) is 4.30. The fourth-order valence-corrected chi connectivity index (χ4v) is 4.43. The number of hydroxylamine groups is 1. The van der Waals surface area contributed by atoms with Gasteiger partial charge in [0.15, 0.2) is 0 Å². The molecule has 3 aromatic rings. The van der Waals surface area contributed by atoms with E-state index in [0.717, 1.165) is 27.7 Å². The number of ether oxygens (including phenoxy) is 2. The second kappa shape index (κ2) is 9.37. The van der Waals surface area contributed by atoms with E-state index < -0.39 is 23.2 Å². The monoisotopic (exact) mass is 468 g/mol. The Balaban J connectivity index is 1.46. The summed E-state index contributed by atoms with van der Waals surface area (Å²) in [6.45, 7) is 4.26. The Kier molecular flexibility index (Phi) is 6.54. The number of carbonyl (C=O) groups is 2. The van der Waals surface area contributed by atoms with Crippen LogP contribution in [-0.2, 0) is 27.4 Å². The van der Waals surface area contributed by atoms with E-state index in [0.29, 0.717) is 30.2 Å². The summed E-state index contributed by atoms with van der Waals surface area (Å²) in [4.78, 5) is 29.0. The number of hydrogen-bond acceptors (Lipinski definition) is 6. The van der Waals surface area contributed by atoms with Gasteiger partial charge in [-0.3, -0.25) is 19.8 Å². The number of aromatic nitrogens is 1. The van der Waals surface area contributed by atoms with Gasteiger partial charge in [-0.2, -0.15) is 0 Å². The summed E-state index contributed by atoms with van der Waals surface area (Å²) in [6, 6.07) is 15.0. The number of carbonyl (C=O) groups excluding carboxylic acids is 2. The predicted octanol–water partition coefficient (Wildman–Crippen LogP) is 4.39. The molecule has 1 saturated carbocycles. The van der Waals surface area contributed by atoms with Gasteiger partial charge in [0.05, 0.1) is 23.5 Å². The molecule has 33 heavy (non-hydrogen) atoms. The van der Waals surface area contributed by atoms with Gasteiger partial charge in [0.25, 0.3) is 0 Å². The molecule has 0 bridgehead atoms. The van der Waals surface area contributed by atoms with Crippen LogP contribution >= 0.6 is 11.6 Å². The maximum atomic E-state index is 12.5. The van der Waals surface area contributed by atoms with E-state index in [9.17, 15) is 9.59 Å². The summed E-state index contributed by atoms with van der Waals surface area (Å²) in [5, 5.41) is 10.6. The predicted molar refractivity (Wildman–Crippen MR) is 123 cm³/mol. The molecule has 1 aliphatic rings. The first-order valence-corrected chi connectivity index (χ1v) is 11.1. The number of rotatable bonds is 8. The normalized spacial score (nSPS) is 19.2. The smallest absolute Gasteiger partial charge is 0.313 e. The molecule has 8 heteroatoms. The highest BCUT2D eigenvalue weighted by molar-refractivity contribution is 6.31. The second-order valence-corrected chi connectivity index (χ2v) is 8.74. The van der Waals surface area contributed by atoms with Gasteiger partial charge in [-0.05, 0) is 62.6 Å². The number of hydrogen-bond donors (Lipinski definition) is 2. The molecule has 2 atom stereocenters. The van der Waals surface area contributed by atoms with Crippen LogP contribution in [0.4, 0.5) is 0 Å². The number of fused-ring (bicyclic) bond motifs is 1. The quantitative estimate of drug-likeness (QED) is 0.289. The van der Waals surface area contributed by atoms with Crippen molar-refractivity contribution in [3.63, 3.8) is 0 Å². The molecule has 2 aromatic carbocycles. The largest absolute Gasteiger partial charge is 0.489 e. The third kappa shape index (κ3) is 4.79. The standard InChI is InChI=1S/C25H25ClN2O5/c1-3-32-24(30)25(13-21(25)23(29)28-31)12-16-4-7-19(8-5-16)33-14-17-10-15(2)27-22-11-18(26)6-9-20(17)22/h4-11,21,31H,3,12-14H2,1-2H3,(H,28,29)/t21-,25+/m1/s1. The molecule has 1 heterocycles. The van der Waals surface area contributed by atoms with E-state index >= 15 is 0 Å². The van der Waals surface area contributed by atoms with Gasteiger partial charge in [-0.15, -0.1) is 0 Å². The van der Waals surface area contributed by atoms with Crippen LogP contribution in [0.2, 0.25) is 5.02 Å². The third-order valence-electron chi connectivity index (χ3n) is 6.01. The number of halogens is 1. The lowest BCUT2D eigenvalue weighted by Gasteiger charge is -2.16. The lowest BCUT2D eigenvalue weighted by atomic mass is 9.93. The highest BCUT2D eigenvalue weighted by atomic mass is 35.5. The molecule has 1 aliphatic carbocycles. The minimum absolute atomic E-state index is 0.232. The summed E-state index contributed by atoms with van der Waals surface area (Å²) in [6.07, 6.45) is 0.689. The number of aryl methyl sites for hydroxylation is 1. The summed E-state index contributed by atoms with van der Waals surface area (Å²) < 4.78 is 11.2. The Labute approximate surface area is 196 Å². The Hall–Kier alpha value is -3.16. The van der Waals surface area contributed by atoms with Crippen LogP contribution in [0.1, 0.15) is 30.2 Å². The second-order valence-electron chi connectivity index (χ2n) is 8.30. The van der Waals surface area contributed by atoms with E-state index in [1.54, 1.807) is 12.4 Å². The highest BCUT2D eigenvalue weighted by Crippen LogP contribution is 2.56. The van der Waals surface area contributed by atoms with Crippen molar-refractivity contribution in [1.29, 1.82) is 0 Å². The van der Waals surface area contributed by atoms with Crippen LogP contribution in [-0.4, -0.2) is 28.7 Å². The van der Waals surface area contributed by atoms with E-state index in [1.165, 1.54) is 0 Å². The van der Waals surface area contributed by atoms with Crippen molar-refractivity contribution in [2.45, 2.75) is 33.3 Å². The zero-order chi connectivity index (χ0) is 23.6. The van der Waals surface area contributed by atoms with Gasteiger partial charge in [0.2, 0.25) is 5.91 Å². The maximum Gasteiger partial charge on any atom is 0.313 e.